The first kappa shape index (κ1) is 17.7. The molecule has 0 saturated carbocycles. The normalized spacial score (nSPS) is 10.2. The van der Waals surface area contributed by atoms with Crippen LogP contribution >= 0.6 is 0 Å². The van der Waals surface area contributed by atoms with E-state index in [4.69, 9.17) is 4.74 Å². The Morgan fingerprint density at radius 1 is 0.917 bits per heavy atom. The van der Waals surface area contributed by atoms with Gasteiger partial charge in [-0.05, 0) is 44.3 Å². The van der Waals surface area contributed by atoms with Gasteiger partial charge in [0.05, 0.1) is 0 Å². The van der Waals surface area contributed by atoms with E-state index in [9.17, 15) is 9.59 Å². The van der Waals surface area contributed by atoms with Crippen molar-refractivity contribution >= 4 is 11.7 Å². The van der Waals surface area contributed by atoms with Gasteiger partial charge in [-0.25, -0.2) is 0 Å². The average molecular weight is 326 g/mol. The Bertz CT molecular complexity index is 654. The number of ether oxygens (including phenoxy) is 1. The summed E-state index contributed by atoms with van der Waals surface area (Å²) < 4.78 is 5.43. The molecule has 2 rings (SSSR count). The van der Waals surface area contributed by atoms with Gasteiger partial charge in [0.2, 0.25) is 0 Å². The highest BCUT2D eigenvalue weighted by molar-refractivity contribution is 6.08. The number of nitrogens with one attached hydrogen (secondary N) is 2. The van der Waals surface area contributed by atoms with Gasteiger partial charge in [-0.1, -0.05) is 30.3 Å². The summed E-state index contributed by atoms with van der Waals surface area (Å²) in [5.74, 6) is 0.366. The summed E-state index contributed by atoms with van der Waals surface area (Å²) in [6.45, 7) is 1.44. The van der Waals surface area contributed by atoms with Crippen molar-refractivity contribution in [3.8, 4) is 5.75 Å². The predicted octanol–water partition coefficient (Wildman–Crippen LogP) is 2.02. The first-order chi connectivity index (χ1) is 11.7. The molecular formula is C19H22N2O3. The molecule has 24 heavy (non-hydrogen) atoms. The minimum absolute atomic E-state index is 0.0362. The highest BCUT2D eigenvalue weighted by Gasteiger charge is 2.08. The van der Waals surface area contributed by atoms with Gasteiger partial charge >= 0.3 is 0 Å². The summed E-state index contributed by atoms with van der Waals surface area (Å²) in [6.07, 6.45) is 0.874. The van der Waals surface area contributed by atoms with Gasteiger partial charge in [0.25, 0.3) is 5.91 Å². The second-order valence-corrected chi connectivity index (χ2v) is 5.32. The third kappa shape index (κ3) is 5.52. The monoisotopic (exact) mass is 326 g/mol. The van der Waals surface area contributed by atoms with Gasteiger partial charge in [0.15, 0.2) is 12.4 Å². The number of carbonyl (C=O) groups is 2. The molecule has 2 aromatic rings. The molecule has 0 atom stereocenters. The maximum absolute atomic E-state index is 12.3. The van der Waals surface area contributed by atoms with Gasteiger partial charge in [-0.3, -0.25) is 9.59 Å². The molecule has 0 bridgehead atoms. The molecule has 0 fully saturated rings. The lowest BCUT2D eigenvalue weighted by molar-refractivity contribution is -0.123. The van der Waals surface area contributed by atoms with Crippen molar-refractivity contribution in [2.24, 2.45) is 0 Å². The number of carbonyl (C=O) groups excluding carboxylic acids is 2. The molecule has 5 heteroatoms. The van der Waals surface area contributed by atoms with Gasteiger partial charge in [-0.2, -0.15) is 0 Å². The van der Waals surface area contributed by atoms with Crippen LogP contribution in [0.25, 0.3) is 0 Å². The smallest absolute Gasteiger partial charge is 0.257 e. The van der Waals surface area contributed by atoms with Gasteiger partial charge in [0, 0.05) is 17.7 Å². The number of hydrogen-bond donors (Lipinski definition) is 2. The lowest BCUT2D eigenvalue weighted by atomic mass is 10.0. The first-order valence-corrected chi connectivity index (χ1v) is 7.94. The number of ketones is 1. The van der Waals surface area contributed by atoms with Crippen molar-refractivity contribution in [3.63, 3.8) is 0 Å². The Hall–Kier alpha value is -2.66. The van der Waals surface area contributed by atoms with Crippen LogP contribution in [0.5, 0.6) is 5.75 Å². The molecule has 0 aliphatic carbocycles. The van der Waals surface area contributed by atoms with Crippen LogP contribution in [0.3, 0.4) is 0 Å². The second-order valence-electron chi connectivity index (χ2n) is 5.32. The third-order valence-electron chi connectivity index (χ3n) is 3.45. The second kappa shape index (κ2) is 9.47. The van der Waals surface area contributed by atoms with Crippen LogP contribution in [0.15, 0.2) is 54.6 Å². The number of amides is 1. The van der Waals surface area contributed by atoms with Crippen molar-refractivity contribution in [2.75, 3.05) is 26.7 Å². The third-order valence-corrected chi connectivity index (χ3v) is 3.45. The summed E-state index contributed by atoms with van der Waals surface area (Å²) in [6, 6.07) is 15.9. The molecule has 0 spiro atoms. The van der Waals surface area contributed by atoms with E-state index in [-0.39, 0.29) is 18.3 Å². The molecule has 5 nitrogen and oxygen atoms in total. The van der Waals surface area contributed by atoms with E-state index >= 15 is 0 Å². The van der Waals surface area contributed by atoms with Crippen LogP contribution in [-0.4, -0.2) is 38.4 Å². The minimum Gasteiger partial charge on any atom is -0.484 e. The van der Waals surface area contributed by atoms with E-state index in [0.717, 1.165) is 13.0 Å². The SMILES string of the molecule is CNCCCNC(=O)COc1ccc(C(=O)c2ccccc2)cc1. The number of hydrogen-bond acceptors (Lipinski definition) is 4. The molecule has 0 aromatic heterocycles. The first-order valence-electron chi connectivity index (χ1n) is 7.94. The average Bonchev–Trinajstić information content (AvgIpc) is 2.64. The van der Waals surface area contributed by atoms with Crippen LogP contribution in [0.1, 0.15) is 22.3 Å². The van der Waals surface area contributed by atoms with Crippen molar-refractivity contribution in [1.82, 2.24) is 10.6 Å². The van der Waals surface area contributed by atoms with Gasteiger partial charge in [0.1, 0.15) is 5.75 Å². The molecule has 1 amide bonds. The Balaban J connectivity index is 1.82. The molecular weight excluding hydrogens is 304 g/mol. The zero-order valence-corrected chi connectivity index (χ0v) is 13.7. The minimum atomic E-state index is -0.157. The lowest BCUT2D eigenvalue weighted by Crippen LogP contribution is -2.30. The van der Waals surface area contributed by atoms with E-state index in [0.29, 0.717) is 23.4 Å². The molecule has 0 radical (unpaired) electrons. The fourth-order valence-corrected chi connectivity index (χ4v) is 2.15. The Morgan fingerprint density at radius 2 is 1.58 bits per heavy atom. The van der Waals surface area contributed by atoms with Gasteiger partial charge in [-0.15, -0.1) is 0 Å². The highest BCUT2D eigenvalue weighted by Crippen LogP contribution is 2.15. The molecule has 0 aliphatic heterocycles. The zero-order valence-electron chi connectivity index (χ0n) is 13.7. The van der Waals surface area contributed by atoms with Crippen LogP contribution < -0.4 is 15.4 Å². The van der Waals surface area contributed by atoms with E-state index in [2.05, 4.69) is 10.6 Å². The van der Waals surface area contributed by atoms with Crippen molar-refractivity contribution in [3.05, 3.63) is 65.7 Å². The van der Waals surface area contributed by atoms with E-state index in [1.807, 2.05) is 25.2 Å². The number of benzene rings is 2. The predicted molar refractivity (Wildman–Crippen MR) is 93.4 cm³/mol. The Kier molecular flexibility index (Phi) is 6.98. The highest BCUT2D eigenvalue weighted by atomic mass is 16.5. The summed E-state index contributed by atoms with van der Waals surface area (Å²) in [4.78, 5) is 23.9. The van der Waals surface area contributed by atoms with Crippen molar-refractivity contribution < 1.29 is 14.3 Å². The standard InChI is InChI=1S/C19H22N2O3/c1-20-12-5-13-21-18(22)14-24-17-10-8-16(9-11-17)19(23)15-6-3-2-4-7-15/h2-4,6-11,20H,5,12-14H2,1H3,(H,21,22). The van der Waals surface area contributed by atoms with Crippen molar-refractivity contribution in [1.29, 1.82) is 0 Å². The van der Waals surface area contributed by atoms with E-state index < -0.39 is 0 Å². The Labute approximate surface area is 142 Å². The van der Waals surface area contributed by atoms with Crippen LogP contribution in [0, 0.1) is 0 Å². The lowest BCUT2D eigenvalue weighted by Gasteiger charge is -2.08. The van der Waals surface area contributed by atoms with Crippen LogP contribution in [-0.2, 0) is 4.79 Å². The maximum atomic E-state index is 12.3. The van der Waals surface area contributed by atoms with Crippen LogP contribution in [0.4, 0.5) is 0 Å². The van der Waals surface area contributed by atoms with E-state index in [1.54, 1.807) is 36.4 Å². The largest absolute Gasteiger partial charge is 0.484 e. The quantitative estimate of drug-likeness (QED) is 0.546. The summed E-state index contributed by atoms with van der Waals surface area (Å²) in [5, 5.41) is 5.80. The maximum Gasteiger partial charge on any atom is 0.257 e. The molecule has 0 aliphatic rings. The molecule has 0 saturated heterocycles. The summed E-state index contributed by atoms with van der Waals surface area (Å²) in [5.41, 5.74) is 1.23. The van der Waals surface area contributed by atoms with Crippen molar-refractivity contribution in [2.45, 2.75) is 6.42 Å². The Morgan fingerprint density at radius 3 is 2.25 bits per heavy atom. The fraction of sp³-hybridized carbons (Fsp3) is 0.263. The molecule has 126 valence electrons. The van der Waals surface area contributed by atoms with Crippen LogP contribution in [0.2, 0.25) is 0 Å². The van der Waals surface area contributed by atoms with E-state index in [1.165, 1.54) is 0 Å². The summed E-state index contributed by atoms with van der Waals surface area (Å²) >= 11 is 0. The van der Waals surface area contributed by atoms with Gasteiger partial charge < -0.3 is 15.4 Å². The fourth-order valence-electron chi connectivity index (χ4n) is 2.15. The molecule has 0 unspecified atom stereocenters. The number of rotatable bonds is 9. The summed E-state index contributed by atoms with van der Waals surface area (Å²) in [7, 11) is 1.87. The zero-order chi connectivity index (χ0) is 17.2. The molecule has 2 aromatic carbocycles. The topological polar surface area (TPSA) is 67.4 Å². The molecule has 2 N–H and O–H groups in total. The molecule has 0 heterocycles.